The van der Waals surface area contributed by atoms with Gasteiger partial charge in [-0.05, 0) is 31.2 Å². The van der Waals surface area contributed by atoms with Crippen LogP contribution in [0.3, 0.4) is 0 Å². The van der Waals surface area contributed by atoms with E-state index in [1.54, 1.807) is 18.2 Å². The van der Waals surface area contributed by atoms with E-state index < -0.39 is 0 Å². The number of amides is 1. The zero-order valence-corrected chi connectivity index (χ0v) is 14.2. The quantitative estimate of drug-likeness (QED) is 0.740. The van der Waals surface area contributed by atoms with E-state index in [2.05, 4.69) is 15.5 Å². The van der Waals surface area contributed by atoms with Crippen molar-refractivity contribution >= 4 is 34.8 Å². The summed E-state index contributed by atoms with van der Waals surface area (Å²) in [7, 11) is 0. The molecule has 1 aromatic heterocycles. The van der Waals surface area contributed by atoms with Crippen molar-refractivity contribution in [3.8, 4) is 11.5 Å². The van der Waals surface area contributed by atoms with E-state index >= 15 is 0 Å². The summed E-state index contributed by atoms with van der Waals surface area (Å²) in [5.74, 6) is 0.361. The van der Waals surface area contributed by atoms with Crippen LogP contribution in [0.2, 0.25) is 10.0 Å². The largest absolute Gasteiger partial charge is 0.334 e. The molecule has 0 bridgehead atoms. The number of nitrogens with one attached hydrogen (secondary N) is 1. The second-order valence-corrected chi connectivity index (χ2v) is 6.00. The average molecular weight is 362 g/mol. The van der Waals surface area contributed by atoms with Gasteiger partial charge in [-0.3, -0.25) is 4.79 Å². The van der Waals surface area contributed by atoms with Crippen LogP contribution in [0.4, 0.5) is 5.69 Å². The first-order valence-electron chi connectivity index (χ1n) is 7.16. The molecule has 24 heavy (non-hydrogen) atoms. The van der Waals surface area contributed by atoms with E-state index in [4.69, 9.17) is 27.7 Å². The molecule has 0 radical (unpaired) electrons. The third-order valence-corrected chi connectivity index (χ3v) is 4.10. The lowest BCUT2D eigenvalue weighted by molar-refractivity contribution is -0.115. The SMILES string of the molecule is Cc1cccc(-c2nc(CC(=O)Nc3cccc(Cl)c3Cl)no2)c1. The lowest BCUT2D eigenvalue weighted by Crippen LogP contribution is -2.15. The van der Waals surface area contributed by atoms with Gasteiger partial charge in [-0.15, -0.1) is 0 Å². The zero-order chi connectivity index (χ0) is 17.1. The molecular weight excluding hydrogens is 349 g/mol. The Balaban J connectivity index is 1.70. The van der Waals surface area contributed by atoms with E-state index in [1.807, 2.05) is 31.2 Å². The van der Waals surface area contributed by atoms with E-state index in [-0.39, 0.29) is 12.3 Å². The van der Waals surface area contributed by atoms with Gasteiger partial charge < -0.3 is 9.84 Å². The summed E-state index contributed by atoms with van der Waals surface area (Å²) < 4.78 is 5.21. The first-order valence-corrected chi connectivity index (χ1v) is 7.92. The number of aryl methyl sites for hydroxylation is 1. The summed E-state index contributed by atoms with van der Waals surface area (Å²) in [6.07, 6.45) is -0.0296. The fourth-order valence-electron chi connectivity index (χ4n) is 2.16. The molecule has 3 aromatic rings. The molecule has 122 valence electrons. The molecule has 3 rings (SSSR count). The van der Waals surface area contributed by atoms with Crippen LogP contribution in [0.15, 0.2) is 47.0 Å². The molecule has 0 saturated carbocycles. The van der Waals surface area contributed by atoms with Crippen molar-refractivity contribution < 1.29 is 9.32 Å². The number of carbonyl (C=O) groups excluding carboxylic acids is 1. The van der Waals surface area contributed by atoms with Crippen LogP contribution in [0.1, 0.15) is 11.4 Å². The highest BCUT2D eigenvalue weighted by molar-refractivity contribution is 6.43. The number of benzene rings is 2. The molecule has 1 heterocycles. The fourth-order valence-corrected chi connectivity index (χ4v) is 2.51. The number of rotatable bonds is 4. The number of carbonyl (C=O) groups is 1. The van der Waals surface area contributed by atoms with Crippen molar-refractivity contribution in [2.24, 2.45) is 0 Å². The van der Waals surface area contributed by atoms with Crippen molar-refractivity contribution in [3.05, 3.63) is 63.9 Å². The molecule has 1 amide bonds. The van der Waals surface area contributed by atoms with Gasteiger partial charge in [-0.1, -0.05) is 52.1 Å². The molecule has 2 aromatic carbocycles. The predicted molar refractivity (Wildman–Crippen MR) is 93.3 cm³/mol. The Hall–Kier alpha value is -2.37. The molecule has 0 atom stereocenters. The Morgan fingerprint density at radius 3 is 2.79 bits per heavy atom. The second-order valence-electron chi connectivity index (χ2n) is 5.21. The van der Waals surface area contributed by atoms with Gasteiger partial charge in [0.05, 0.1) is 22.2 Å². The van der Waals surface area contributed by atoms with Gasteiger partial charge in [0.15, 0.2) is 5.82 Å². The molecule has 5 nitrogen and oxygen atoms in total. The van der Waals surface area contributed by atoms with Crippen molar-refractivity contribution in [3.63, 3.8) is 0 Å². The molecule has 0 fully saturated rings. The van der Waals surface area contributed by atoms with Crippen LogP contribution < -0.4 is 5.32 Å². The number of halogens is 2. The predicted octanol–water partition coefficient (Wildman–Crippen LogP) is 4.53. The first-order chi connectivity index (χ1) is 11.5. The standard InChI is InChI=1S/C17H13Cl2N3O2/c1-10-4-2-5-11(8-10)17-21-14(22-24-17)9-15(23)20-13-7-3-6-12(18)16(13)19/h2-8H,9H2,1H3,(H,20,23). The molecule has 0 spiro atoms. The monoisotopic (exact) mass is 361 g/mol. The molecular formula is C17H13Cl2N3O2. The minimum absolute atomic E-state index is 0.0296. The highest BCUT2D eigenvalue weighted by atomic mass is 35.5. The molecule has 0 saturated heterocycles. The van der Waals surface area contributed by atoms with E-state index in [0.717, 1.165) is 11.1 Å². The van der Waals surface area contributed by atoms with Gasteiger partial charge in [-0.2, -0.15) is 4.98 Å². The van der Waals surface area contributed by atoms with E-state index in [9.17, 15) is 4.79 Å². The zero-order valence-electron chi connectivity index (χ0n) is 12.7. The maximum Gasteiger partial charge on any atom is 0.257 e. The average Bonchev–Trinajstić information content (AvgIpc) is 3.00. The van der Waals surface area contributed by atoms with E-state index in [0.29, 0.717) is 27.4 Å². The minimum atomic E-state index is -0.309. The topological polar surface area (TPSA) is 68.0 Å². The summed E-state index contributed by atoms with van der Waals surface area (Å²) in [6, 6.07) is 12.7. The summed E-state index contributed by atoms with van der Waals surface area (Å²) >= 11 is 12.0. The fraction of sp³-hybridized carbons (Fsp3) is 0.118. The molecule has 0 aliphatic heterocycles. The van der Waals surface area contributed by atoms with Crippen molar-refractivity contribution in [1.29, 1.82) is 0 Å². The van der Waals surface area contributed by atoms with Crippen LogP contribution >= 0.6 is 23.2 Å². The number of anilines is 1. The Labute approximate surface area is 148 Å². The van der Waals surface area contributed by atoms with Crippen LogP contribution in [0.25, 0.3) is 11.5 Å². The third kappa shape index (κ3) is 3.75. The summed E-state index contributed by atoms with van der Waals surface area (Å²) in [5.41, 5.74) is 2.34. The Morgan fingerprint density at radius 2 is 2.00 bits per heavy atom. The minimum Gasteiger partial charge on any atom is -0.334 e. The Kier molecular flexibility index (Phi) is 4.83. The molecule has 0 unspecified atom stereocenters. The van der Waals surface area contributed by atoms with E-state index in [1.165, 1.54) is 0 Å². The van der Waals surface area contributed by atoms with Crippen molar-refractivity contribution in [2.45, 2.75) is 13.3 Å². The Morgan fingerprint density at radius 1 is 1.21 bits per heavy atom. The number of hydrogen-bond donors (Lipinski definition) is 1. The van der Waals surface area contributed by atoms with Crippen LogP contribution in [0, 0.1) is 6.92 Å². The summed E-state index contributed by atoms with van der Waals surface area (Å²) in [6.45, 7) is 1.98. The van der Waals surface area contributed by atoms with Gasteiger partial charge in [0.2, 0.25) is 5.91 Å². The maximum atomic E-state index is 12.1. The van der Waals surface area contributed by atoms with Gasteiger partial charge in [0.1, 0.15) is 0 Å². The molecule has 1 N–H and O–H groups in total. The lowest BCUT2D eigenvalue weighted by Gasteiger charge is -2.06. The highest BCUT2D eigenvalue weighted by Gasteiger charge is 2.14. The maximum absolute atomic E-state index is 12.1. The first kappa shape index (κ1) is 16.5. The normalized spacial score (nSPS) is 10.6. The second kappa shape index (κ2) is 7.03. The van der Waals surface area contributed by atoms with Gasteiger partial charge >= 0.3 is 0 Å². The van der Waals surface area contributed by atoms with Crippen LogP contribution in [0.5, 0.6) is 0 Å². The number of nitrogens with zero attached hydrogens (tertiary/aromatic N) is 2. The molecule has 0 aliphatic carbocycles. The molecule has 0 aliphatic rings. The summed E-state index contributed by atoms with van der Waals surface area (Å²) in [5, 5.41) is 7.18. The van der Waals surface area contributed by atoms with Crippen LogP contribution in [-0.4, -0.2) is 16.0 Å². The van der Waals surface area contributed by atoms with Gasteiger partial charge in [0.25, 0.3) is 5.89 Å². The summed E-state index contributed by atoms with van der Waals surface area (Å²) in [4.78, 5) is 16.4. The Bertz CT molecular complexity index is 893. The number of aromatic nitrogens is 2. The van der Waals surface area contributed by atoms with Crippen LogP contribution in [-0.2, 0) is 11.2 Å². The van der Waals surface area contributed by atoms with Gasteiger partial charge in [-0.25, -0.2) is 0 Å². The van der Waals surface area contributed by atoms with Crippen molar-refractivity contribution in [1.82, 2.24) is 10.1 Å². The van der Waals surface area contributed by atoms with Gasteiger partial charge in [0, 0.05) is 5.56 Å². The third-order valence-electron chi connectivity index (χ3n) is 3.28. The highest BCUT2D eigenvalue weighted by Crippen LogP contribution is 2.29. The smallest absolute Gasteiger partial charge is 0.257 e. The number of hydrogen-bond acceptors (Lipinski definition) is 4. The lowest BCUT2D eigenvalue weighted by atomic mass is 10.1. The molecule has 7 heteroatoms. The van der Waals surface area contributed by atoms with Crippen molar-refractivity contribution in [2.75, 3.05) is 5.32 Å².